The lowest BCUT2D eigenvalue weighted by Crippen LogP contribution is -2.19. The van der Waals surface area contributed by atoms with Gasteiger partial charge in [0.05, 0.1) is 11.1 Å². The predicted octanol–water partition coefficient (Wildman–Crippen LogP) is 4.53. The molecule has 8 heteroatoms. The largest absolute Gasteiger partial charge is 0.455 e. The highest BCUT2D eigenvalue weighted by Crippen LogP contribution is 2.28. The monoisotopic (exact) mass is 418 g/mol. The fraction of sp³-hybridized carbons (Fsp3) is 0.217. The van der Waals surface area contributed by atoms with E-state index in [-0.39, 0.29) is 11.6 Å². The third-order valence-electron chi connectivity index (χ3n) is 5.28. The smallest absolute Gasteiger partial charge is 0.273 e. The number of aryl methyl sites for hydroxylation is 1. The van der Waals surface area contributed by atoms with Crippen molar-refractivity contribution >= 4 is 23.5 Å². The molecular formula is C23H22N4O4. The predicted molar refractivity (Wildman–Crippen MR) is 118 cm³/mol. The molecule has 1 aliphatic rings. The summed E-state index contributed by atoms with van der Waals surface area (Å²) in [5.74, 6) is 0.585. The van der Waals surface area contributed by atoms with E-state index in [0.717, 1.165) is 18.8 Å². The number of benzene rings is 2. The van der Waals surface area contributed by atoms with Gasteiger partial charge in [0, 0.05) is 41.5 Å². The van der Waals surface area contributed by atoms with Crippen molar-refractivity contribution in [3.05, 3.63) is 81.6 Å². The molecule has 31 heavy (non-hydrogen) atoms. The molecule has 1 saturated heterocycles. The van der Waals surface area contributed by atoms with Gasteiger partial charge in [-0.2, -0.15) is 5.10 Å². The summed E-state index contributed by atoms with van der Waals surface area (Å²) in [5.41, 5.74) is 5.34. The van der Waals surface area contributed by atoms with Gasteiger partial charge in [-0.05, 0) is 56.2 Å². The number of hydrogen-bond acceptors (Lipinski definition) is 6. The SMILES string of the molecule is Cc1ccc(-c2ccc(/C=N\NC(=O)c3ccc(N4CCCC4)cc3)o2)cc1[N+](=O)[O-]. The fourth-order valence-electron chi connectivity index (χ4n) is 3.55. The van der Waals surface area contributed by atoms with E-state index in [1.807, 2.05) is 12.1 Å². The summed E-state index contributed by atoms with van der Waals surface area (Å²) < 4.78 is 5.68. The van der Waals surface area contributed by atoms with Crippen molar-refractivity contribution in [2.75, 3.05) is 18.0 Å². The van der Waals surface area contributed by atoms with Gasteiger partial charge in [0.1, 0.15) is 11.5 Å². The topological polar surface area (TPSA) is 101 Å². The minimum Gasteiger partial charge on any atom is -0.455 e. The van der Waals surface area contributed by atoms with Crippen LogP contribution in [0.1, 0.15) is 34.5 Å². The first-order valence-electron chi connectivity index (χ1n) is 10.0. The highest BCUT2D eigenvalue weighted by Gasteiger charge is 2.14. The van der Waals surface area contributed by atoms with Crippen LogP contribution >= 0.6 is 0 Å². The van der Waals surface area contributed by atoms with Crippen molar-refractivity contribution in [2.24, 2.45) is 5.10 Å². The maximum Gasteiger partial charge on any atom is 0.273 e. The number of nitrogens with zero attached hydrogens (tertiary/aromatic N) is 3. The van der Waals surface area contributed by atoms with Crippen molar-refractivity contribution in [3.63, 3.8) is 0 Å². The fourth-order valence-corrected chi connectivity index (χ4v) is 3.55. The second-order valence-corrected chi connectivity index (χ2v) is 7.40. The van der Waals surface area contributed by atoms with Crippen molar-refractivity contribution < 1.29 is 14.1 Å². The Morgan fingerprint density at radius 2 is 1.87 bits per heavy atom. The van der Waals surface area contributed by atoms with Crippen molar-refractivity contribution in [3.8, 4) is 11.3 Å². The maximum atomic E-state index is 12.3. The van der Waals surface area contributed by atoms with Crippen LogP contribution in [0.5, 0.6) is 0 Å². The molecule has 0 bridgehead atoms. The average molecular weight is 418 g/mol. The van der Waals surface area contributed by atoms with Crippen LogP contribution in [-0.2, 0) is 0 Å². The van der Waals surface area contributed by atoms with E-state index < -0.39 is 4.92 Å². The van der Waals surface area contributed by atoms with Gasteiger partial charge in [-0.15, -0.1) is 0 Å². The summed E-state index contributed by atoms with van der Waals surface area (Å²) >= 11 is 0. The van der Waals surface area contributed by atoms with E-state index in [1.165, 1.54) is 25.1 Å². The molecule has 3 aromatic rings. The zero-order chi connectivity index (χ0) is 21.8. The van der Waals surface area contributed by atoms with Gasteiger partial charge >= 0.3 is 0 Å². The van der Waals surface area contributed by atoms with Gasteiger partial charge in [0.25, 0.3) is 11.6 Å². The van der Waals surface area contributed by atoms with Gasteiger partial charge in [-0.25, -0.2) is 5.43 Å². The Balaban J connectivity index is 1.38. The summed E-state index contributed by atoms with van der Waals surface area (Å²) in [6.45, 7) is 3.79. The second-order valence-electron chi connectivity index (χ2n) is 7.40. The summed E-state index contributed by atoms with van der Waals surface area (Å²) in [4.78, 5) is 25.3. The second kappa shape index (κ2) is 8.83. The van der Waals surface area contributed by atoms with E-state index in [1.54, 1.807) is 43.3 Å². The van der Waals surface area contributed by atoms with Gasteiger partial charge in [0.15, 0.2) is 0 Å². The van der Waals surface area contributed by atoms with Crippen LogP contribution in [-0.4, -0.2) is 30.1 Å². The standard InChI is InChI=1S/C23H22N4O4/c1-16-4-5-18(14-21(16)27(29)30)22-11-10-20(31-22)15-24-25-23(28)17-6-8-19(9-7-17)26-12-2-3-13-26/h4-11,14-15H,2-3,12-13H2,1H3,(H,25,28)/b24-15-. The lowest BCUT2D eigenvalue weighted by Gasteiger charge is -2.17. The Labute approximate surface area is 179 Å². The van der Waals surface area contributed by atoms with E-state index in [4.69, 9.17) is 4.42 Å². The highest BCUT2D eigenvalue weighted by molar-refractivity contribution is 5.95. The van der Waals surface area contributed by atoms with Crippen LogP contribution in [0.2, 0.25) is 0 Å². The number of carbonyl (C=O) groups excluding carboxylic acids is 1. The van der Waals surface area contributed by atoms with Gasteiger partial charge < -0.3 is 9.32 Å². The average Bonchev–Trinajstić information content (AvgIpc) is 3.46. The lowest BCUT2D eigenvalue weighted by molar-refractivity contribution is -0.385. The zero-order valence-corrected chi connectivity index (χ0v) is 17.1. The maximum absolute atomic E-state index is 12.3. The van der Waals surface area contributed by atoms with Crippen molar-refractivity contribution in [1.82, 2.24) is 5.43 Å². The van der Waals surface area contributed by atoms with E-state index in [9.17, 15) is 14.9 Å². The Morgan fingerprint density at radius 3 is 2.58 bits per heavy atom. The number of rotatable bonds is 6. The van der Waals surface area contributed by atoms with E-state index in [0.29, 0.717) is 28.2 Å². The van der Waals surface area contributed by atoms with Crippen LogP contribution in [0, 0.1) is 17.0 Å². The number of furan rings is 1. The molecular weight excluding hydrogens is 396 g/mol. The number of carbonyl (C=O) groups is 1. The van der Waals surface area contributed by atoms with Crippen LogP contribution in [0.4, 0.5) is 11.4 Å². The number of nitro groups is 1. The minimum absolute atomic E-state index is 0.0344. The first-order valence-corrected chi connectivity index (χ1v) is 10.0. The van der Waals surface area contributed by atoms with Crippen LogP contribution in [0.15, 0.2) is 64.1 Å². The Bertz CT molecular complexity index is 1130. The molecule has 8 nitrogen and oxygen atoms in total. The van der Waals surface area contributed by atoms with Crippen molar-refractivity contribution in [1.29, 1.82) is 0 Å². The molecule has 1 aliphatic heterocycles. The van der Waals surface area contributed by atoms with Crippen LogP contribution in [0.25, 0.3) is 11.3 Å². The summed E-state index contributed by atoms with van der Waals surface area (Å²) in [5, 5.41) is 15.1. The molecule has 0 aliphatic carbocycles. The highest BCUT2D eigenvalue weighted by atomic mass is 16.6. The number of nitro benzene ring substituents is 1. The summed E-state index contributed by atoms with van der Waals surface area (Å²) in [7, 11) is 0. The van der Waals surface area contributed by atoms with Gasteiger partial charge in [-0.3, -0.25) is 14.9 Å². The zero-order valence-electron chi connectivity index (χ0n) is 17.1. The number of anilines is 1. The molecule has 0 spiro atoms. The Kier molecular flexibility index (Phi) is 5.79. The van der Waals surface area contributed by atoms with E-state index >= 15 is 0 Å². The lowest BCUT2D eigenvalue weighted by atomic mass is 10.1. The van der Waals surface area contributed by atoms with E-state index in [2.05, 4.69) is 15.4 Å². The van der Waals surface area contributed by atoms with Gasteiger partial charge in [-0.1, -0.05) is 12.1 Å². The molecule has 158 valence electrons. The number of hydrogen-bond donors (Lipinski definition) is 1. The number of amides is 1. The first kappa shape index (κ1) is 20.3. The molecule has 1 amide bonds. The number of hydrazone groups is 1. The Hall–Kier alpha value is -3.94. The molecule has 1 N–H and O–H groups in total. The molecule has 0 atom stereocenters. The third-order valence-corrected chi connectivity index (χ3v) is 5.28. The normalized spacial score (nSPS) is 13.6. The molecule has 1 fully saturated rings. The minimum atomic E-state index is -0.419. The molecule has 1 aromatic heterocycles. The summed E-state index contributed by atoms with van der Waals surface area (Å²) in [6, 6.07) is 15.8. The first-order chi connectivity index (χ1) is 15.0. The molecule has 4 rings (SSSR count). The number of nitrogens with one attached hydrogen (secondary N) is 1. The van der Waals surface area contributed by atoms with Crippen LogP contribution < -0.4 is 10.3 Å². The summed E-state index contributed by atoms with van der Waals surface area (Å²) in [6.07, 6.45) is 3.79. The molecule has 2 aromatic carbocycles. The van der Waals surface area contributed by atoms with Gasteiger partial charge in [0.2, 0.25) is 0 Å². The van der Waals surface area contributed by atoms with Crippen molar-refractivity contribution in [2.45, 2.75) is 19.8 Å². The molecule has 0 saturated carbocycles. The molecule has 2 heterocycles. The Morgan fingerprint density at radius 1 is 1.13 bits per heavy atom. The third kappa shape index (κ3) is 4.63. The van der Waals surface area contributed by atoms with Crippen LogP contribution in [0.3, 0.4) is 0 Å². The molecule has 0 unspecified atom stereocenters. The quantitative estimate of drug-likeness (QED) is 0.360. The molecule has 0 radical (unpaired) electrons.